The summed E-state index contributed by atoms with van der Waals surface area (Å²) in [5.41, 5.74) is 2.46. The van der Waals surface area contributed by atoms with Gasteiger partial charge in [0, 0.05) is 4.88 Å². The average molecular weight is 303 g/mol. The Balaban J connectivity index is 1.77. The highest BCUT2D eigenvalue weighted by Crippen LogP contribution is 2.16. The lowest BCUT2D eigenvalue weighted by Crippen LogP contribution is -2.37. The number of thiophene rings is 1. The van der Waals surface area contributed by atoms with Crippen molar-refractivity contribution in [1.29, 1.82) is 0 Å². The molecule has 1 unspecified atom stereocenters. The summed E-state index contributed by atoms with van der Waals surface area (Å²) in [6, 6.07) is 9.95. The Morgan fingerprint density at radius 1 is 1.29 bits per heavy atom. The van der Waals surface area contributed by atoms with Gasteiger partial charge in [-0.1, -0.05) is 12.1 Å². The zero-order valence-electron chi connectivity index (χ0n) is 12.7. The number of nitrogens with one attached hydrogen (secondary N) is 1. The molecule has 4 heteroatoms. The van der Waals surface area contributed by atoms with Gasteiger partial charge in [-0.25, -0.2) is 0 Å². The number of carbonyl (C=O) groups is 1. The number of hydrogen-bond donors (Lipinski definition) is 1. The van der Waals surface area contributed by atoms with E-state index in [1.54, 1.807) is 11.3 Å². The maximum absolute atomic E-state index is 11.9. The van der Waals surface area contributed by atoms with E-state index in [9.17, 15) is 4.79 Å². The summed E-state index contributed by atoms with van der Waals surface area (Å²) in [6.45, 7) is 6.56. The fourth-order valence-corrected chi connectivity index (χ4v) is 2.67. The van der Waals surface area contributed by atoms with Gasteiger partial charge in [0.15, 0.2) is 0 Å². The second-order valence-electron chi connectivity index (χ2n) is 5.28. The second kappa shape index (κ2) is 7.27. The molecular formula is C17H21NO2S. The minimum absolute atomic E-state index is 0.0147. The third-order valence-electron chi connectivity index (χ3n) is 3.30. The van der Waals surface area contributed by atoms with Crippen LogP contribution in [0.3, 0.4) is 0 Å². The van der Waals surface area contributed by atoms with Gasteiger partial charge in [-0.05, 0) is 55.5 Å². The van der Waals surface area contributed by atoms with Gasteiger partial charge in [-0.2, -0.15) is 0 Å². The number of benzene rings is 1. The summed E-state index contributed by atoms with van der Waals surface area (Å²) in [7, 11) is 0. The predicted octanol–water partition coefficient (Wildman–Crippen LogP) is 3.49. The molecule has 0 saturated carbocycles. The number of amides is 1. The van der Waals surface area contributed by atoms with Gasteiger partial charge in [0.05, 0.1) is 12.5 Å². The molecule has 21 heavy (non-hydrogen) atoms. The van der Waals surface area contributed by atoms with Gasteiger partial charge in [-0.15, -0.1) is 11.3 Å². The average Bonchev–Trinajstić information content (AvgIpc) is 2.92. The zero-order valence-corrected chi connectivity index (χ0v) is 13.5. The largest absolute Gasteiger partial charge is 0.491 e. The molecule has 0 aliphatic carbocycles. The van der Waals surface area contributed by atoms with Gasteiger partial charge in [0.1, 0.15) is 12.4 Å². The van der Waals surface area contributed by atoms with Crippen LogP contribution in [-0.4, -0.2) is 18.6 Å². The quantitative estimate of drug-likeness (QED) is 0.887. The first kappa shape index (κ1) is 15.6. The van der Waals surface area contributed by atoms with E-state index in [1.165, 1.54) is 11.1 Å². The molecule has 0 aliphatic rings. The maximum Gasteiger partial charge on any atom is 0.225 e. The molecule has 2 rings (SSSR count). The first-order chi connectivity index (χ1) is 10.0. The van der Waals surface area contributed by atoms with Gasteiger partial charge in [-0.3, -0.25) is 4.79 Å². The van der Waals surface area contributed by atoms with Crippen LogP contribution >= 0.6 is 11.3 Å². The summed E-state index contributed by atoms with van der Waals surface area (Å²) in [5, 5.41) is 4.94. The van der Waals surface area contributed by atoms with Gasteiger partial charge < -0.3 is 10.1 Å². The van der Waals surface area contributed by atoms with Gasteiger partial charge in [0.25, 0.3) is 0 Å². The minimum atomic E-state index is -0.0147. The van der Waals surface area contributed by atoms with E-state index in [2.05, 4.69) is 19.2 Å². The SMILES string of the molecule is Cc1ccc(OCC(C)NC(=O)Cc2cccs2)cc1C. The molecule has 0 radical (unpaired) electrons. The van der Waals surface area contributed by atoms with Crippen molar-refractivity contribution >= 4 is 17.2 Å². The lowest BCUT2D eigenvalue weighted by Gasteiger charge is -2.15. The minimum Gasteiger partial charge on any atom is -0.491 e. The first-order valence-corrected chi connectivity index (χ1v) is 7.94. The first-order valence-electron chi connectivity index (χ1n) is 7.06. The monoisotopic (exact) mass is 303 g/mol. The van der Waals surface area contributed by atoms with Crippen LogP contribution in [0.1, 0.15) is 22.9 Å². The van der Waals surface area contributed by atoms with E-state index in [0.29, 0.717) is 13.0 Å². The van der Waals surface area contributed by atoms with Crippen LogP contribution in [0.15, 0.2) is 35.7 Å². The fraction of sp³-hybridized carbons (Fsp3) is 0.353. The molecule has 1 aromatic heterocycles. The Morgan fingerprint density at radius 2 is 2.10 bits per heavy atom. The number of rotatable bonds is 6. The molecule has 0 aliphatic heterocycles. The molecule has 3 nitrogen and oxygen atoms in total. The second-order valence-corrected chi connectivity index (χ2v) is 6.31. The van der Waals surface area contributed by atoms with Gasteiger partial charge >= 0.3 is 0 Å². The third-order valence-corrected chi connectivity index (χ3v) is 4.18. The molecule has 1 aromatic carbocycles. The predicted molar refractivity (Wildman–Crippen MR) is 87.0 cm³/mol. The molecule has 1 atom stereocenters. The van der Waals surface area contributed by atoms with E-state index in [4.69, 9.17) is 4.74 Å². The molecule has 1 N–H and O–H groups in total. The van der Waals surface area contributed by atoms with Crippen molar-refractivity contribution in [3.05, 3.63) is 51.7 Å². The van der Waals surface area contributed by atoms with Crippen molar-refractivity contribution < 1.29 is 9.53 Å². The highest BCUT2D eigenvalue weighted by molar-refractivity contribution is 7.10. The summed E-state index contributed by atoms with van der Waals surface area (Å²) in [6.07, 6.45) is 0.436. The van der Waals surface area contributed by atoms with Crippen molar-refractivity contribution in [2.45, 2.75) is 33.2 Å². The van der Waals surface area contributed by atoms with Crippen LogP contribution in [0.4, 0.5) is 0 Å². The highest BCUT2D eigenvalue weighted by atomic mass is 32.1. The zero-order chi connectivity index (χ0) is 15.2. The lowest BCUT2D eigenvalue weighted by atomic mass is 10.1. The summed E-state index contributed by atoms with van der Waals surface area (Å²) in [4.78, 5) is 12.9. The van der Waals surface area contributed by atoms with E-state index < -0.39 is 0 Å². The van der Waals surface area contributed by atoms with Crippen molar-refractivity contribution in [1.82, 2.24) is 5.32 Å². The number of carbonyl (C=O) groups excluding carboxylic acids is 1. The molecule has 0 bridgehead atoms. The highest BCUT2D eigenvalue weighted by Gasteiger charge is 2.09. The van der Waals surface area contributed by atoms with Crippen molar-refractivity contribution in [2.24, 2.45) is 0 Å². The van der Waals surface area contributed by atoms with E-state index in [1.807, 2.05) is 42.6 Å². The van der Waals surface area contributed by atoms with E-state index >= 15 is 0 Å². The molecule has 1 heterocycles. The van der Waals surface area contributed by atoms with Gasteiger partial charge in [0.2, 0.25) is 5.91 Å². The van der Waals surface area contributed by atoms with Crippen LogP contribution in [0, 0.1) is 13.8 Å². The number of ether oxygens (including phenoxy) is 1. The fourth-order valence-electron chi connectivity index (χ4n) is 1.96. The van der Waals surface area contributed by atoms with Crippen molar-refractivity contribution in [3.63, 3.8) is 0 Å². The van der Waals surface area contributed by atoms with Crippen molar-refractivity contribution in [3.8, 4) is 5.75 Å². The molecule has 0 spiro atoms. The number of hydrogen-bond acceptors (Lipinski definition) is 3. The number of aryl methyl sites for hydroxylation is 2. The summed E-state index contributed by atoms with van der Waals surface area (Å²) in [5.74, 6) is 0.881. The molecular weight excluding hydrogens is 282 g/mol. The third kappa shape index (κ3) is 4.90. The maximum atomic E-state index is 11.9. The standard InChI is InChI=1S/C17H21NO2S/c1-12-6-7-15(9-13(12)2)20-11-14(3)18-17(19)10-16-5-4-8-21-16/h4-9,14H,10-11H2,1-3H3,(H,18,19). The molecule has 2 aromatic rings. The lowest BCUT2D eigenvalue weighted by molar-refractivity contribution is -0.121. The van der Waals surface area contributed by atoms with Crippen molar-refractivity contribution in [2.75, 3.05) is 6.61 Å². The molecule has 112 valence electrons. The Hall–Kier alpha value is -1.81. The van der Waals surface area contributed by atoms with Crippen LogP contribution < -0.4 is 10.1 Å². The van der Waals surface area contributed by atoms with Crippen LogP contribution in [0.5, 0.6) is 5.75 Å². The smallest absolute Gasteiger partial charge is 0.225 e. The van der Waals surface area contributed by atoms with E-state index in [0.717, 1.165) is 10.6 Å². The normalized spacial score (nSPS) is 12.0. The molecule has 0 fully saturated rings. The van der Waals surface area contributed by atoms with Crippen LogP contribution in [0.25, 0.3) is 0 Å². The molecule has 1 amide bonds. The molecule has 0 saturated heterocycles. The Labute approximate surface area is 130 Å². The van der Waals surface area contributed by atoms with Crippen LogP contribution in [-0.2, 0) is 11.2 Å². The van der Waals surface area contributed by atoms with E-state index in [-0.39, 0.29) is 11.9 Å². The summed E-state index contributed by atoms with van der Waals surface area (Å²) < 4.78 is 5.73. The Bertz CT molecular complexity index is 593. The Morgan fingerprint density at radius 3 is 2.76 bits per heavy atom. The van der Waals surface area contributed by atoms with Crippen LogP contribution in [0.2, 0.25) is 0 Å². The topological polar surface area (TPSA) is 38.3 Å². The summed E-state index contributed by atoms with van der Waals surface area (Å²) >= 11 is 1.60. The Kier molecular flexibility index (Phi) is 5.39.